The van der Waals surface area contributed by atoms with E-state index < -0.39 is 0 Å². The topological polar surface area (TPSA) is 47.0 Å². The molecule has 0 unspecified atom stereocenters. The molecule has 0 saturated heterocycles. The fourth-order valence-electron chi connectivity index (χ4n) is 1.86. The number of hydrogen-bond donors (Lipinski definition) is 1. The summed E-state index contributed by atoms with van der Waals surface area (Å²) in [5, 5.41) is 3.10. The molecular weight excluding hydrogens is 258 g/mol. The van der Waals surface area contributed by atoms with E-state index in [2.05, 4.69) is 20.8 Å². The molecule has 0 atom stereocenters. The van der Waals surface area contributed by atoms with Gasteiger partial charge in [-0.15, -0.1) is 11.3 Å². The number of aromatic nitrogens is 2. The van der Waals surface area contributed by atoms with Gasteiger partial charge >= 0.3 is 0 Å². The first kappa shape index (κ1) is 12.1. The van der Waals surface area contributed by atoms with Crippen LogP contribution in [0.4, 0.5) is 5.82 Å². The van der Waals surface area contributed by atoms with Gasteiger partial charge in [0.2, 0.25) is 0 Å². The largest absolute Gasteiger partial charge is 0.270 e. The highest BCUT2D eigenvalue weighted by Gasteiger charge is 2.08. The third-order valence-corrected chi connectivity index (χ3v) is 3.81. The highest BCUT2D eigenvalue weighted by atomic mass is 32.1. The van der Waals surface area contributed by atoms with E-state index in [1.165, 1.54) is 0 Å². The van der Waals surface area contributed by atoms with E-state index in [0.717, 1.165) is 27.2 Å². The smallest absolute Gasteiger partial charge is 0.162 e. The maximum Gasteiger partial charge on any atom is 0.162 e. The standard InChI is InChI=1S/C14H13N3OS/c1-10-8-19-14-12(10)13(15-9-16-14)17-18-7-11-5-3-2-4-6-11/h2-6,8-9H,7H2,1H3,(H,15,16,17). The molecule has 19 heavy (non-hydrogen) atoms. The monoisotopic (exact) mass is 271 g/mol. The van der Waals surface area contributed by atoms with Crippen molar-refractivity contribution < 1.29 is 4.84 Å². The zero-order valence-corrected chi connectivity index (χ0v) is 11.3. The summed E-state index contributed by atoms with van der Waals surface area (Å²) in [6.07, 6.45) is 1.55. The van der Waals surface area contributed by atoms with Crippen molar-refractivity contribution in [3.05, 3.63) is 53.2 Å². The van der Waals surface area contributed by atoms with Crippen LogP contribution in [0.1, 0.15) is 11.1 Å². The van der Waals surface area contributed by atoms with Crippen molar-refractivity contribution in [2.75, 3.05) is 5.48 Å². The second-order valence-electron chi connectivity index (χ2n) is 4.20. The highest BCUT2D eigenvalue weighted by Crippen LogP contribution is 2.28. The van der Waals surface area contributed by atoms with Gasteiger partial charge in [0.1, 0.15) is 11.2 Å². The molecule has 1 N–H and O–H groups in total. The Morgan fingerprint density at radius 2 is 2.05 bits per heavy atom. The molecular formula is C14H13N3OS. The first-order valence-electron chi connectivity index (χ1n) is 5.95. The minimum absolute atomic E-state index is 0.496. The van der Waals surface area contributed by atoms with Crippen molar-refractivity contribution in [3.8, 4) is 0 Å². The van der Waals surface area contributed by atoms with Crippen LogP contribution in [-0.2, 0) is 11.4 Å². The SMILES string of the molecule is Cc1csc2ncnc(NOCc3ccccc3)c12. The fourth-order valence-corrected chi connectivity index (χ4v) is 2.75. The molecule has 0 spiro atoms. The molecule has 0 aliphatic heterocycles. The third kappa shape index (κ3) is 2.57. The first-order valence-corrected chi connectivity index (χ1v) is 6.83. The second kappa shape index (κ2) is 5.34. The lowest BCUT2D eigenvalue weighted by Gasteiger charge is -2.07. The average molecular weight is 271 g/mol. The number of thiophene rings is 1. The van der Waals surface area contributed by atoms with Gasteiger partial charge in [-0.2, -0.15) is 0 Å². The van der Waals surface area contributed by atoms with Crippen molar-refractivity contribution >= 4 is 27.4 Å². The lowest BCUT2D eigenvalue weighted by Crippen LogP contribution is -2.03. The Bertz CT molecular complexity index is 681. The maximum atomic E-state index is 5.50. The minimum atomic E-state index is 0.496. The summed E-state index contributed by atoms with van der Waals surface area (Å²) in [5.41, 5.74) is 5.19. The Hall–Kier alpha value is -1.98. The molecule has 0 aliphatic carbocycles. The van der Waals surface area contributed by atoms with Crippen molar-refractivity contribution in [1.29, 1.82) is 0 Å². The van der Waals surface area contributed by atoms with Crippen LogP contribution in [0.3, 0.4) is 0 Å². The molecule has 2 aromatic heterocycles. The lowest BCUT2D eigenvalue weighted by molar-refractivity contribution is 0.179. The summed E-state index contributed by atoms with van der Waals surface area (Å²) in [5.74, 6) is 0.722. The molecule has 0 aliphatic rings. The number of rotatable bonds is 4. The van der Waals surface area contributed by atoms with Gasteiger partial charge < -0.3 is 0 Å². The van der Waals surface area contributed by atoms with Crippen molar-refractivity contribution in [2.24, 2.45) is 0 Å². The zero-order valence-electron chi connectivity index (χ0n) is 10.5. The molecule has 1 aromatic carbocycles. The van der Waals surface area contributed by atoms with Crippen LogP contribution in [-0.4, -0.2) is 9.97 Å². The molecule has 0 saturated carbocycles. The number of aryl methyl sites for hydroxylation is 1. The zero-order chi connectivity index (χ0) is 13.1. The molecule has 0 amide bonds. The van der Waals surface area contributed by atoms with E-state index >= 15 is 0 Å². The summed E-state index contributed by atoms with van der Waals surface area (Å²) >= 11 is 1.61. The molecule has 96 valence electrons. The van der Waals surface area contributed by atoms with Crippen molar-refractivity contribution in [1.82, 2.24) is 9.97 Å². The molecule has 0 radical (unpaired) electrons. The quantitative estimate of drug-likeness (QED) is 0.737. The number of anilines is 1. The summed E-state index contributed by atoms with van der Waals surface area (Å²) < 4.78 is 0. The van der Waals surface area contributed by atoms with Crippen LogP contribution >= 0.6 is 11.3 Å². The second-order valence-corrected chi connectivity index (χ2v) is 5.06. The summed E-state index contributed by atoms with van der Waals surface area (Å²) in [4.78, 5) is 14.9. The van der Waals surface area contributed by atoms with Crippen LogP contribution < -0.4 is 5.48 Å². The highest BCUT2D eigenvalue weighted by molar-refractivity contribution is 7.17. The van der Waals surface area contributed by atoms with E-state index in [0.29, 0.717) is 6.61 Å². The summed E-state index contributed by atoms with van der Waals surface area (Å²) in [6.45, 7) is 2.54. The van der Waals surface area contributed by atoms with Gasteiger partial charge in [-0.3, -0.25) is 4.84 Å². The van der Waals surface area contributed by atoms with Gasteiger partial charge in [0.05, 0.1) is 12.0 Å². The number of hydrogen-bond acceptors (Lipinski definition) is 5. The fraction of sp³-hybridized carbons (Fsp3) is 0.143. The third-order valence-electron chi connectivity index (χ3n) is 2.80. The Kier molecular flexibility index (Phi) is 3.39. The average Bonchev–Trinajstić information content (AvgIpc) is 2.83. The summed E-state index contributed by atoms with van der Waals surface area (Å²) in [7, 11) is 0. The van der Waals surface area contributed by atoms with E-state index in [4.69, 9.17) is 4.84 Å². The van der Waals surface area contributed by atoms with Gasteiger partial charge in [-0.1, -0.05) is 30.3 Å². The first-order chi connectivity index (χ1) is 9.34. The number of benzene rings is 1. The Morgan fingerprint density at radius 3 is 2.89 bits per heavy atom. The number of nitrogens with one attached hydrogen (secondary N) is 1. The molecule has 3 aromatic rings. The molecule has 4 nitrogen and oxygen atoms in total. The van der Waals surface area contributed by atoms with Crippen LogP contribution in [0.15, 0.2) is 42.0 Å². The normalized spacial score (nSPS) is 10.8. The predicted octanol–water partition coefficient (Wildman–Crippen LogP) is 3.54. The molecule has 0 bridgehead atoms. The van der Waals surface area contributed by atoms with E-state index in [-0.39, 0.29) is 0 Å². The Labute approximate surface area is 115 Å². The van der Waals surface area contributed by atoms with Crippen molar-refractivity contribution in [3.63, 3.8) is 0 Å². The van der Waals surface area contributed by atoms with E-state index in [9.17, 15) is 0 Å². The number of fused-ring (bicyclic) bond motifs is 1. The van der Waals surface area contributed by atoms with E-state index in [1.54, 1.807) is 17.7 Å². The maximum absolute atomic E-state index is 5.50. The van der Waals surface area contributed by atoms with Crippen molar-refractivity contribution in [2.45, 2.75) is 13.5 Å². The number of nitrogens with zero attached hydrogens (tertiary/aromatic N) is 2. The van der Waals surface area contributed by atoms with Crippen LogP contribution in [0.2, 0.25) is 0 Å². The van der Waals surface area contributed by atoms with Gasteiger partial charge in [0, 0.05) is 0 Å². The van der Waals surface area contributed by atoms with Crippen LogP contribution in [0.5, 0.6) is 0 Å². The predicted molar refractivity (Wildman–Crippen MR) is 77.0 cm³/mol. The Balaban J connectivity index is 1.74. The molecule has 2 heterocycles. The molecule has 3 rings (SSSR count). The van der Waals surface area contributed by atoms with E-state index in [1.807, 2.05) is 37.3 Å². The van der Waals surface area contributed by atoms with Gasteiger partial charge in [0.25, 0.3) is 0 Å². The van der Waals surface area contributed by atoms with Crippen LogP contribution in [0.25, 0.3) is 10.2 Å². The molecule has 5 heteroatoms. The summed E-state index contributed by atoms with van der Waals surface area (Å²) in [6, 6.07) is 10.0. The minimum Gasteiger partial charge on any atom is -0.270 e. The Morgan fingerprint density at radius 1 is 1.21 bits per heavy atom. The lowest BCUT2D eigenvalue weighted by atomic mass is 10.2. The van der Waals surface area contributed by atoms with Gasteiger partial charge in [0.15, 0.2) is 5.82 Å². The van der Waals surface area contributed by atoms with Gasteiger partial charge in [-0.05, 0) is 23.4 Å². The molecule has 0 fully saturated rings. The van der Waals surface area contributed by atoms with Gasteiger partial charge in [-0.25, -0.2) is 15.4 Å². The van der Waals surface area contributed by atoms with Crippen LogP contribution in [0, 0.1) is 6.92 Å².